The number of anilines is 3. The molecule has 158 valence electrons. The van der Waals surface area contributed by atoms with Gasteiger partial charge in [-0.3, -0.25) is 9.20 Å². The predicted octanol–water partition coefficient (Wildman–Crippen LogP) is 6.51. The maximum atomic E-state index is 13.2. The number of halogens is 1. The zero-order chi connectivity index (χ0) is 22.1. The van der Waals surface area contributed by atoms with Crippen LogP contribution in [0.5, 0.6) is 0 Å². The molecule has 0 fully saturated rings. The number of rotatable bonds is 5. The second-order valence-electron chi connectivity index (χ2n) is 7.32. The van der Waals surface area contributed by atoms with Crippen molar-refractivity contribution in [1.29, 1.82) is 0 Å². The van der Waals surface area contributed by atoms with Crippen LogP contribution in [0.2, 0.25) is 0 Å². The summed E-state index contributed by atoms with van der Waals surface area (Å²) in [6.45, 7) is 1.89. The number of imidazole rings is 1. The average molecular weight is 443 g/mol. The highest BCUT2D eigenvalue weighted by molar-refractivity contribution is 7.19. The largest absolute Gasteiger partial charge is 0.356 e. The number of amides is 1. The third-order valence-corrected chi connectivity index (χ3v) is 6.26. The lowest BCUT2D eigenvalue weighted by Gasteiger charge is -2.08. The average Bonchev–Trinajstić information content (AvgIpc) is 3.36. The van der Waals surface area contributed by atoms with E-state index in [1.165, 1.54) is 23.5 Å². The van der Waals surface area contributed by atoms with Crippen molar-refractivity contribution in [2.24, 2.45) is 0 Å². The number of fused-ring (bicyclic) bond motifs is 1. The van der Waals surface area contributed by atoms with Gasteiger partial charge in [0.05, 0.1) is 5.69 Å². The molecule has 2 heterocycles. The topological polar surface area (TPSA) is 58.4 Å². The fourth-order valence-corrected chi connectivity index (χ4v) is 4.44. The summed E-state index contributed by atoms with van der Waals surface area (Å²) in [4.78, 5) is 18.8. The maximum absolute atomic E-state index is 13.2. The Balaban J connectivity index is 1.32. The van der Waals surface area contributed by atoms with Gasteiger partial charge < -0.3 is 10.6 Å². The second kappa shape index (κ2) is 8.28. The number of aromatic nitrogens is 2. The van der Waals surface area contributed by atoms with E-state index < -0.39 is 0 Å². The first-order valence-electron chi connectivity index (χ1n) is 10.0. The number of thiazole rings is 1. The van der Waals surface area contributed by atoms with Crippen LogP contribution in [-0.2, 0) is 0 Å². The smallest absolute Gasteiger partial charge is 0.267 e. The minimum absolute atomic E-state index is 0.176. The zero-order valence-electron chi connectivity index (χ0n) is 17.2. The minimum Gasteiger partial charge on any atom is -0.356 e. The summed E-state index contributed by atoms with van der Waals surface area (Å²) in [5.41, 5.74) is 5.04. The Labute approximate surface area is 188 Å². The quantitative estimate of drug-likeness (QED) is 0.326. The normalized spacial score (nSPS) is 10.9. The molecule has 5 nitrogen and oxygen atoms in total. The van der Waals surface area contributed by atoms with Crippen LogP contribution in [0.1, 0.15) is 15.4 Å². The predicted molar refractivity (Wildman–Crippen MR) is 127 cm³/mol. The van der Waals surface area contributed by atoms with E-state index in [0.717, 1.165) is 33.3 Å². The molecule has 7 heteroatoms. The van der Waals surface area contributed by atoms with Gasteiger partial charge in [-0.15, -0.1) is 0 Å². The van der Waals surface area contributed by atoms with Gasteiger partial charge in [-0.05, 0) is 67.6 Å². The maximum Gasteiger partial charge on any atom is 0.267 e. The highest BCUT2D eigenvalue weighted by Gasteiger charge is 2.18. The Bertz CT molecular complexity index is 1390. The first kappa shape index (κ1) is 20.0. The molecule has 0 bridgehead atoms. The van der Waals surface area contributed by atoms with Crippen LogP contribution >= 0.6 is 11.3 Å². The van der Waals surface area contributed by atoms with Crippen molar-refractivity contribution in [3.05, 3.63) is 101 Å². The molecule has 0 aliphatic carbocycles. The number of carbonyl (C=O) groups is 1. The molecule has 2 N–H and O–H groups in total. The van der Waals surface area contributed by atoms with Crippen LogP contribution in [0.25, 0.3) is 16.2 Å². The van der Waals surface area contributed by atoms with Crippen LogP contribution in [0.4, 0.5) is 21.5 Å². The van der Waals surface area contributed by atoms with Gasteiger partial charge >= 0.3 is 0 Å². The number of benzene rings is 3. The van der Waals surface area contributed by atoms with Gasteiger partial charge in [-0.25, -0.2) is 9.37 Å². The van der Waals surface area contributed by atoms with Crippen LogP contribution in [0.3, 0.4) is 0 Å². The van der Waals surface area contributed by atoms with E-state index in [1.54, 1.807) is 12.1 Å². The molecular formula is C25H19FN4OS. The standard InChI is InChI=1S/C25H19FN4OS/c1-16-23(32-25-29-22(15-30(16)25)17-7-9-18(26)10-8-17)24(31)28-21-13-11-20(12-14-21)27-19-5-3-2-4-6-19/h2-15,27H,1H3,(H,28,31). The van der Waals surface area contributed by atoms with Crippen LogP contribution in [0, 0.1) is 12.7 Å². The molecule has 0 saturated heterocycles. The fourth-order valence-electron chi connectivity index (χ4n) is 3.43. The lowest BCUT2D eigenvalue weighted by Crippen LogP contribution is -2.11. The summed E-state index contributed by atoms with van der Waals surface area (Å²) in [6, 6.07) is 23.7. The Hall–Kier alpha value is -3.97. The van der Waals surface area contributed by atoms with E-state index >= 15 is 0 Å². The van der Waals surface area contributed by atoms with Crippen LogP contribution in [-0.4, -0.2) is 15.3 Å². The molecule has 0 unspecified atom stereocenters. The Kier molecular flexibility index (Phi) is 5.17. The number of nitrogens with zero attached hydrogens (tertiary/aromatic N) is 2. The number of hydrogen-bond donors (Lipinski definition) is 2. The van der Waals surface area contributed by atoms with E-state index in [2.05, 4.69) is 15.6 Å². The molecule has 5 aromatic rings. The summed E-state index contributed by atoms with van der Waals surface area (Å²) < 4.78 is 15.1. The van der Waals surface area contributed by atoms with E-state index in [4.69, 9.17) is 0 Å². The molecular weight excluding hydrogens is 423 g/mol. The fraction of sp³-hybridized carbons (Fsp3) is 0.0400. The number of nitrogens with one attached hydrogen (secondary N) is 2. The van der Waals surface area contributed by atoms with Crippen molar-refractivity contribution >= 4 is 39.3 Å². The zero-order valence-corrected chi connectivity index (χ0v) is 18.0. The summed E-state index contributed by atoms with van der Waals surface area (Å²) >= 11 is 1.33. The van der Waals surface area contributed by atoms with E-state index in [1.807, 2.05) is 72.1 Å². The van der Waals surface area contributed by atoms with Gasteiger partial charge in [-0.1, -0.05) is 29.5 Å². The Morgan fingerprint density at radius 2 is 1.56 bits per heavy atom. The van der Waals surface area contributed by atoms with Crippen molar-refractivity contribution in [3.8, 4) is 11.3 Å². The van der Waals surface area contributed by atoms with Gasteiger partial charge in [-0.2, -0.15) is 0 Å². The molecule has 1 amide bonds. The molecule has 0 aliphatic heterocycles. The lowest BCUT2D eigenvalue weighted by atomic mass is 10.2. The van der Waals surface area contributed by atoms with Gasteiger partial charge in [0.2, 0.25) is 0 Å². The first-order chi connectivity index (χ1) is 15.6. The second-order valence-corrected chi connectivity index (χ2v) is 8.30. The van der Waals surface area contributed by atoms with E-state index in [0.29, 0.717) is 10.6 Å². The minimum atomic E-state index is -0.284. The summed E-state index contributed by atoms with van der Waals surface area (Å²) in [6.07, 6.45) is 1.87. The van der Waals surface area contributed by atoms with Gasteiger partial charge in [0, 0.05) is 34.5 Å². The monoisotopic (exact) mass is 442 g/mol. The number of hydrogen-bond acceptors (Lipinski definition) is 4. The highest BCUT2D eigenvalue weighted by atomic mass is 32.1. The third-order valence-electron chi connectivity index (χ3n) is 5.11. The van der Waals surface area contributed by atoms with Crippen molar-refractivity contribution in [2.75, 3.05) is 10.6 Å². The van der Waals surface area contributed by atoms with Gasteiger partial charge in [0.15, 0.2) is 4.96 Å². The van der Waals surface area contributed by atoms with Crippen LogP contribution in [0.15, 0.2) is 85.1 Å². The summed E-state index contributed by atoms with van der Waals surface area (Å²) in [5.74, 6) is -0.459. The van der Waals surface area contributed by atoms with Gasteiger partial charge in [0.25, 0.3) is 5.91 Å². The SMILES string of the molecule is Cc1c(C(=O)Nc2ccc(Nc3ccccc3)cc2)sc2nc(-c3ccc(F)cc3)cn12. The Morgan fingerprint density at radius 3 is 2.25 bits per heavy atom. The summed E-state index contributed by atoms with van der Waals surface area (Å²) in [5, 5.41) is 6.27. The molecule has 32 heavy (non-hydrogen) atoms. The van der Waals surface area contributed by atoms with Gasteiger partial charge in [0.1, 0.15) is 10.7 Å². The molecule has 0 atom stereocenters. The summed E-state index contributed by atoms with van der Waals surface area (Å²) in [7, 11) is 0. The van der Waals surface area contributed by atoms with Crippen molar-refractivity contribution in [3.63, 3.8) is 0 Å². The number of carbonyl (C=O) groups excluding carboxylic acids is 1. The molecule has 0 spiro atoms. The van der Waals surface area contributed by atoms with E-state index in [9.17, 15) is 9.18 Å². The van der Waals surface area contributed by atoms with Crippen molar-refractivity contribution in [2.45, 2.75) is 6.92 Å². The van der Waals surface area contributed by atoms with E-state index in [-0.39, 0.29) is 11.7 Å². The number of para-hydroxylation sites is 1. The van der Waals surface area contributed by atoms with Crippen molar-refractivity contribution in [1.82, 2.24) is 9.38 Å². The molecule has 0 radical (unpaired) electrons. The molecule has 5 rings (SSSR count). The first-order valence-corrected chi connectivity index (χ1v) is 10.9. The molecule has 0 saturated carbocycles. The highest BCUT2D eigenvalue weighted by Crippen LogP contribution is 2.28. The number of aryl methyl sites for hydroxylation is 1. The molecule has 3 aromatic carbocycles. The molecule has 0 aliphatic rings. The Morgan fingerprint density at radius 1 is 0.906 bits per heavy atom. The lowest BCUT2D eigenvalue weighted by molar-refractivity contribution is 0.102. The molecule has 2 aromatic heterocycles. The van der Waals surface area contributed by atoms with Crippen LogP contribution < -0.4 is 10.6 Å². The third kappa shape index (κ3) is 3.98. The van der Waals surface area contributed by atoms with Crippen molar-refractivity contribution < 1.29 is 9.18 Å².